The van der Waals surface area contributed by atoms with Gasteiger partial charge in [0.1, 0.15) is 11.3 Å². The van der Waals surface area contributed by atoms with Gasteiger partial charge >= 0.3 is 5.97 Å². The maximum absolute atomic E-state index is 11.3. The number of aromatic carboxylic acids is 1. The second kappa shape index (κ2) is 7.79. The lowest BCUT2D eigenvalue weighted by Gasteiger charge is -2.24. The Hall–Kier alpha value is -1.59. The SMILES string of the molecule is CCC[C@@H]1CN(Cc2ccc(OC)c(C(=O)O)c2)C[C@H]1N(C)C. The van der Waals surface area contributed by atoms with Crippen LogP contribution in [0.5, 0.6) is 5.75 Å². The Kier molecular flexibility index (Phi) is 6.02. The fraction of sp³-hybridized carbons (Fsp3) is 0.611. The number of ether oxygens (including phenoxy) is 1. The van der Waals surface area contributed by atoms with Gasteiger partial charge in [0.2, 0.25) is 0 Å². The molecule has 0 spiro atoms. The number of nitrogens with zero attached hydrogens (tertiary/aromatic N) is 2. The number of rotatable bonds is 7. The quantitative estimate of drug-likeness (QED) is 0.837. The summed E-state index contributed by atoms with van der Waals surface area (Å²) in [5.41, 5.74) is 1.26. The minimum absolute atomic E-state index is 0.235. The fourth-order valence-corrected chi connectivity index (χ4v) is 3.59. The summed E-state index contributed by atoms with van der Waals surface area (Å²) in [4.78, 5) is 16.1. The van der Waals surface area contributed by atoms with Gasteiger partial charge in [-0.05, 0) is 44.1 Å². The smallest absolute Gasteiger partial charge is 0.339 e. The van der Waals surface area contributed by atoms with Gasteiger partial charge in [0, 0.05) is 25.7 Å². The van der Waals surface area contributed by atoms with Crippen LogP contribution in [0.1, 0.15) is 35.7 Å². The van der Waals surface area contributed by atoms with Crippen LogP contribution < -0.4 is 4.74 Å². The van der Waals surface area contributed by atoms with Crippen molar-refractivity contribution in [1.82, 2.24) is 9.80 Å². The molecule has 1 saturated heterocycles. The van der Waals surface area contributed by atoms with Gasteiger partial charge in [-0.15, -0.1) is 0 Å². The molecule has 1 aliphatic heterocycles. The molecule has 0 bridgehead atoms. The van der Waals surface area contributed by atoms with E-state index in [1.165, 1.54) is 20.0 Å². The monoisotopic (exact) mass is 320 g/mol. The van der Waals surface area contributed by atoms with E-state index in [9.17, 15) is 9.90 Å². The predicted molar refractivity (Wildman–Crippen MR) is 91.1 cm³/mol. The zero-order valence-corrected chi connectivity index (χ0v) is 14.6. The average molecular weight is 320 g/mol. The maximum Gasteiger partial charge on any atom is 0.339 e. The van der Waals surface area contributed by atoms with Crippen LogP contribution in [-0.4, -0.2) is 61.2 Å². The molecule has 0 aromatic heterocycles. The van der Waals surface area contributed by atoms with E-state index in [1.807, 2.05) is 6.07 Å². The highest BCUT2D eigenvalue weighted by atomic mass is 16.5. The molecule has 1 heterocycles. The molecule has 5 nitrogen and oxygen atoms in total. The van der Waals surface area contributed by atoms with Crippen molar-refractivity contribution in [1.29, 1.82) is 0 Å². The van der Waals surface area contributed by atoms with Crippen molar-refractivity contribution in [3.8, 4) is 5.75 Å². The summed E-state index contributed by atoms with van der Waals surface area (Å²) in [5.74, 6) is 0.157. The molecule has 2 atom stereocenters. The molecule has 1 aliphatic rings. The number of carboxylic acid groups (broad SMARTS) is 1. The molecule has 0 amide bonds. The van der Waals surface area contributed by atoms with Gasteiger partial charge in [0.25, 0.3) is 0 Å². The van der Waals surface area contributed by atoms with Crippen LogP contribution in [-0.2, 0) is 6.54 Å². The molecule has 0 saturated carbocycles. The van der Waals surface area contributed by atoms with Crippen LogP contribution in [0.25, 0.3) is 0 Å². The zero-order valence-electron chi connectivity index (χ0n) is 14.6. The second-order valence-electron chi connectivity index (χ2n) is 6.61. The third-order valence-corrected chi connectivity index (χ3v) is 4.71. The number of hydrogen-bond acceptors (Lipinski definition) is 4. The van der Waals surface area contributed by atoms with E-state index >= 15 is 0 Å². The lowest BCUT2D eigenvalue weighted by Crippen LogP contribution is -2.35. The topological polar surface area (TPSA) is 53.0 Å². The van der Waals surface area contributed by atoms with Gasteiger partial charge in [-0.3, -0.25) is 4.90 Å². The summed E-state index contributed by atoms with van der Waals surface area (Å²) in [6, 6.07) is 6.02. The average Bonchev–Trinajstić information content (AvgIpc) is 2.90. The molecule has 1 aromatic rings. The van der Waals surface area contributed by atoms with Crippen molar-refractivity contribution in [2.24, 2.45) is 5.92 Å². The fourth-order valence-electron chi connectivity index (χ4n) is 3.59. The van der Waals surface area contributed by atoms with Crippen LogP contribution in [0.4, 0.5) is 0 Å². The van der Waals surface area contributed by atoms with Crippen molar-refractivity contribution in [2.45, 2.75) is 32.4 Å². The number of carbonyl (C=O) groups is 1. The normalized spacial score (nSPS) is 21.8. The van der Waals surface area contributed by atoms with Crippen LogP contribution in [0.3, 0.4) is 0 Å². The molecular formula is C18H28N2O3. The number of carboxylic acids is 1. The maximum atomic E-state index is 11.3. The Morgan fingerprint density at radius 2 is 2.13 bits per heavy atom. The van der Waals surface area contributed by atoms with E-state index < -0.39 is 5.97 Å². The molecule has 1 fully saturated rings. The first-order chi connectivity index (χ1) is 11.0. The standard InChI is InChI=1S/C18H28N2O3/c1-5-6-14-11-20(12-16(14)19(2)3)10-13-7-8-17(23-4)15(9-13)18(21)22/h7-9,14,16H,5-6,10-12H2,1-4H3,(H,21,22)/t14-,16-/m1/s1. The molecule has 0 radical (unpaired) electrons. The molecule has 23 heavy (non-hydrogen) atoms. The highest BCUT2D eigenvalue weighted by Crippen LogP contribution is 2.27. The molecule has 1 aromatic carbocycles. The molecular weight excluding hydrogens is 292 g/mol. The molecule has 0 aliphatic carbocycles. The summed E-state index contributed by atoms with van der Waals surface area (Å²) in [6.45, 7) is 5.13. The van der Waals surface area contributed by atoms with Crippen LogP contribution in [0.2, 0.25) is 0 Å². The summed E-state index contributed by atoms with van der Waals surface area (Å²) >= 11 is 0. The van der Waals surface area contributed by atoms with E-state index in [0.717, 1.165) is 25.2 Å². The lowest BCUT2D eigenvalue weighted by atomic mass is 9.98. The van der Waals surface area contributed by atoms with Crippen molar-refractivity contribution >= 4 is 5.97 Å². The first kappa shape index (κ1) is 17.8. The highest BCUT2D eigenvalue weighted by molar-refractivity contribution is 5.91. The lowest BCUT2D eigenvalue weighted by molar-refractivity contribution is 0.0693. The summed E-state index contributed by atoms with van der Waals surface area (Å²) in [6.07, 6.45) is 2.44. The first-order valence-corrected chi connectivity index (χ1v) is 8.25. The van der Waals surface area contributed by atoms with E-state index in [2.05, 4.69) is 30.8 Å². The second-order valence-corrected chi connectivity index (χ2v) is 6.61. The largest absolute Gasteiger partial charge is 0.496 e. The number of hydrogen-bond donors (Lipinski definition) is 1. The Morgan fingerprint density at radius 1 is 1.39 bits per heavy atom. The summed E-state index contributed by atoms with van der Waals surface area (Å²) < 4.78 is 5.13. The van der Waals surface area contributed by atoms with Crippen LogP contribution in [0, 0.1) is 5.92 Å². The Labute approximate surface area is 138 Å². The van der Waals surface area contributed by atoms with Gasteiger partial charge in [-0.25, -0.2) is 4.79 Å². The van der Waals surface area contributed by atoms with Crippen molar-refractivity contribution in [3.63, 3.8) is 0 Å². The zero-order chi connectivity index (χ0) is 17.0. The summed E-state index contributed by atoms with van der Waals surface area (Å²) in [5, 5.41) is 9.31. The molecule has 128 valence electrons. The highest BCUT2D eigenvalue weighted by Gasteiger charge is 2.33. The predicted octanol–water partition coefficient (Wildman–Crippen LogP) is 2.56. The Morgan fingerprint density at radius 3 is 2.70 bits per heavy atom. The van der Waals surface area contributed by atoms with Gasteiger partial charge in [-0.2, -0.15) is 0 Å². The molecule has 0 unspecified atom stereocenters. The van der Waals surface area contributed by atoms with Gasteiger partial charge in [-0.1, -0.05) is 19.4 Å². The van der Waals surface area contributed by atoms with E-state index in [1.54, 1.807) is 12.1 Å². The molecule has 1 N–H and O–H groups in total. The van der Waals surface area contributed by atoms with Crippen LogP contribution >= 0.6 is 0 Å². The number of likely N-dealkylation sites (N-methyl/N-ethyl adjacent to an activating group) is 1. The molecule has 5 heteroatoms. The third kappa shape index (κ3) is 4.24. The third-order valence-electron chi connectivity index (χ3n) is 4.71. The van der Waals surface area contributed by atoms with Gasteiger partial charge < -0.3 is 14.7 Å². The van der Waals surface area contributed by atoms with Gasteiger partial charge in [0.05, 0.1) is 7.11 Å². The first-order valence-electron chi connectivity index (χ1n) is 8.25. The number of benzene rings is 1. The van der Waals surface area contributed by atoms with E-state index in [0.29, 0.717) is 17.7 Å². The van der Waals surface area contributed by atoms with Crippen molar-refractivity contribution < 1.29 is 14.6 Å². The minimum Gasteiger partial charge on any atom is -0.496 e. The van der Waals surface area contributed by atoms with E-state index in [-0.39, 0.29) is 5.56 Å². The van der Waals surface area contributed by atoms with Crippen molar-refractivity contribution in [2.75, 3.05) is 34.3 Å². The van der Waals surface area contributed by atoms with Crippen molar-refractivity contribution in [3.05, 3.63) is 29.3 Å². The Bertz CT molecular complexity index is 545. The number of methoxy groups -OCH3 is 1. The number of likely N-dealkylation sites (tertiary alicyclic amines) is 1. The molecule has 2 rings (SSSR count). The summed E-state index contributed by atoms with van der Waals surface area (Å²) in [7, 11) is 5.79. The van der Waals surface area contributed by atoms with E-state index in [4.69, 9.17) is 4.74 Å². The van der Waals surface area contributed by atoms with Gasteiger partial charge in [0.15, 0.2) is 0 Å². The Balaban J connectivity index is 2.10. The van der Waals surface area contributed by atoms with Crippen LogP contribution in [0.15, 0.2) is 18.2 Å². The minimum atomic E-state index is -0.944.